The quantitative estimate of drug-likeness (QED) is 0.829. The first kappa shape index (κ1) is 14.0. The van der Waals surface area contributed by atoms with Gasteiger partial charge in [-0.15, -0.1) is 0 Å². The highest BCUT2D eigenvalue weighted by atomic mass is 15.3. The van der Waals surface area contributed by atoms with Crippen molar-refractivity contribution in [3.8, 4) is 0 Å². The van der Waals surface area contributed by atoms with Crippen LogP contribution in [0.25, 0.3) is 0 Å². The summed E-state index contributed by atoms with van der Waals surface area (Å²) in [5.41, 5.74) is 5.78. The second-order valence-corrected chi connectivity index (χ2v) is 5.33. The first-order valence-electron chi connectivity index (χ1n) is 6.78. The Morgan fingerprint density at radius 3 is 2.47 bits per heavy atom. The molecule has 2 rings (SSSR count). The zero-order chi connectivity index (χ0) is 13.8. The molecule has 1 aliphatic heterocycles. The van der Waals surface area contributed by atoms with E-state index < -0.39 is 0 Å². The summed E-state index contributed by atoms with van der Waals surface area (Å²) < 4.78 is 0. The van der Waals surface area contributed by atoms with E-state index in [2.05, 4.69) is 38.8 Å². The van der Waals surface area contributed by atoms with Crippen LogP contribution in [0.4, 0.5) is 11.6 Å². The number of hydrogen-bond donors (Lipinski definition) is 1. The molecule has 1 aromatic rings. The maximum atomic E-state index is 5.78. The number of nitrogen functional groups attached to an aromatic ring is 1. The Kier molecular flexibility index (Phi) is 4.55. The largest absolute Gasteiger partial charge is 0.384 e. The van der Waals surface area contributed by atoms with Crippen molar-refractivity contribution in [1.82, 2.24) is 19.8 Å². The van der Waals surface area contributed by atoms with Crippen molar-refractivity contribution in [3.63, 3.8) is 0 Å². The number of nitrogens with zero attached hydrogens (tertiary/aromatic N) is 5. The van der Waals surface area contributed by atoms with Crippen LogP contribution in [0.3, 0.4) is 0 Å². The summed E-state index contributed by atoms with van der Waals surface area (Å²) in [7, 11) is 4.23. The van der Waals surface area contributed by atoms with Gasteiger partial charge in [0.05, 0.1) is 0 Å². The Labute approximate surface area is 115 Å². The lowest BCUT2D eigenvalue weighted by Crippen LogP contribution is -2.48. The molecule has 0 unspecified atom stereocenters. The van der Waals surface area contributed by atoms with Crippen LogP contribution < -0.4 is 10.6 Å². The van der Waals surface area contributed by atoms with Gasteiger partial charge in [0, 0.05) is 45.3 Å². The molecule has 0 aromatic carbocycles. The third-order valence-corrected chi connectivity index (χ3v) is 3.40. The van der Waals surface area contributed by atoms with Crippen molar-refractivity contribution in [1.29, 1.82) is 0 Å². The number of likely N-dealkylation sites (N-methyl/N-ethyl adjacent to an activating group) is 1. The molecule has 106 valence electrons. The van der Waals surface area contributed by atoms with Crippen LogP contribution in [0, 0.1) is 6.92 Å². The van der Waals surface area contributed by atoms with Gasteiger partial charge in [0.25, 0.3) is 0 Å². The van der Waals surface area contributed by atoms with Crippen LogP contribution in [0.1, 0.15) is 5.82 Å². The number of piperazine rings is 1. The summed E-state index contributed by atoms with van der Waals surface area (Å²) in [5.74, 6) is 2.25. The van der Waals surface area contributed by atoms with Crippen molar-refractivity contribution >= 4 is 11.6 Å². The maximum absolute atomic E-state index is 5.78. The molecular formula is C13H24N6. The predicted octanol–water partition coefficient (Wildman–Crippen LogP) is 0.0508. The van der Waals surface area contributed by atoms with Crippen molar-refractivity contribution in [2.45, 2.75) is 6.92 Å². The Hall–Kier alpha value is -1.40. The fraction of sp³-hybridized carbons (Fsp3) is 0.692. The number of nitrogens with two attached hydrogens (primary N) is 1. The molecule has 1 aromatic heterocycles. The highest BCUT2D eigenvalue weighted by Gasteiger charge is 2.18. The van der Waals surface area contributed by atoms with E-state index in [1.165, 1.54) is 0 Å². The summed E-state index contributed by atoms with van der Waals surface area (Å²) in [4.78, 5) is 15.6. The topological polar surface area (TPSA) is 61.5 Å². The van der Waals surface area contributed by atoms with E-state index in [-0.39, 0.29) is 0 Å². The molecule has 0 spiro atoms. The third-order valence-electron chi connectivity index (χ3n) is 3.40. The zero-order valence-electron chi connectivity index (χ0n) is 12.1. The van der Waals surface area contributed by atoms with Gasteiger partial charge in [0.2, 0.25) is 0 Å². The SMILES string of the molecule is Cc1nc(N)cc(N2CCN(CCN(C)C)CC2)n1. The fourth-order valence-electron chi connectivity index (χ4n) is 2.28. The van der Waals surface area contributed by atoms with E-state index in [0.29, 0.717) is 5.82 Å². The lowest BCUT2D eigenvalue weighted by molar-refractivity contribution is 0.229. The van der Waals surface area contributed by atoms with E-state index in [0.717, 1.165) is 50.9 Å². The highest BCUT2D eigenvalue weighted by molar-refractivity contribution is 5.47. The van der Waals surface area contributed by atoms with Gasteiger partial charge in [-0.3, -0.25) is 4.90 Å². The molecular weight excluding hydrogens is 240 g/mol. The van der Waals surface area contributed by atoms with Gasteiger partial charge >= 0.3 is 0 Å². The van der Waals surface area contributed by atoms with Crippen LogP contribution in [0.15, 0.2) is 6.07 Å². The molecule has 0 aliphatic carbocycles. The molecule has 0 saturated carbocycles. The van der Waals surface area contributed by atoms with Gasteiger partial charge in [-0.1, -0.05) is 0 Å². The van der Waals surface area contributed by atoms with Gasteiger partial charge in [-0.25, -0.2) is 9.97 Å². The Bertz CT molecular complexity index is 391. The third kappa shape index (κ3) is 4.04. The molecule has 0 bridgehead atoms. The molecule has 2 N–H and O–H groups in total. The molecule has 6 nitrogen and oxygen atoms in total. The van der Waals surface area contributed by atoms with E-state index in [4.69, 9.17) is 5.73 Å². The van der Waals surface area contributed by atoms with Gasteiger partial charge < -0.3 is 15.5 Å². The first-order chi connectivity index (χ1) is 9.04. The first-order valence-corrected chi connectivity index (χ1v) is 6.78. The second-order valence-electron chi connectivity index (χ2n) is 5.33. The molecule has 1 saturated heterocycles. The Balaban J connectivity index is 1.89. The summed E-state index contributed by atoms with van der Waals surface area (Å²) in [6, 6.07) is 1.86. The minimum Gasteiger partial charge on any atom is -0.384 e. The number of anilines is 2. The van der Waals surface area contributed by atoms with Gasteiger partial charge in [-0.2, -0.15) is 0 Å². The number of rotatable bonds is 4. The minimum atomic E-state index is 0.553. The Morgan fingerprint density at radius 2 is 1.89 bits per heavy atom. The monoisotopic (exact) mass is 264 g/mol. The standard InChI is InChI=1S/C13H24N6/c1-11-15-12(14)10-13(16-11)19-8-6-18(7-9-19)5-4-17(2)3/h10H,4-9H2,1-3H3,(H2,14,15,16). The highest BCUT2D eigenvalue weighted by Crippen LogP contribution is 2.15. The van der Waals surface area contributed by atoms with Crippen LogP contribution in [0.2, 0.25) is 0 Å². The smallest absolute Gasteiger partial charge is 0.134 e. The van der Waals surface area contributed by atoms with E-state index >= 15 is 0 Å². The lowest BCUT2D eigenvalue weighted by Gasteiger charge is -2.35. The maximum Gasteiger partial charge on any atom is 0.134 e. The lowest BCUT2D eigenvalue weighted by atomic mass is 10.3. The molecule has 1 fully saturated rings. The summed E-state index contributed by atoms with van der Waals surface area (Å²) >= 11 is 0. The van der Waals surface area contributed by atoms with Gasteiger partial charge in [-0.05, 0) is 21.0 Å². The average molecular weight is 264 g/mol. The predicted molar refractivity (Wildman–Crippen MR) is 78.4 cm³/mol. The number of hydrogen-bond acceptors (Lipinski definition) is 6. The molecule has 0 atom stereocenters. The van der Waals surface area contributed by atoms with Crippen LogP contribution in [0.5, 0.6) is 0 Å². The number of aromatic nitrogens is 2. The fourth-order valence-corrected chi connectivity index (χ4v) is 2.28. The number of aryl methyl sites for hydroxylation is 1. The summed E-state index contributed by atoms with van der Waals surface area (Å²) in [6.07, 6.45) is 0. The van der Waals surface area contributed by atoms with Crippen molar-refractivity contribution in [3.05, 3.63) is 11.9 Å². The molecule has 6 heteroatoms. The molecule has 19 heavy (non-hydrogen) atoms. The van der Waals surface area contributed by atoms with Crippen LogP contribution in [-0.2, 0) is 0 Å². The van der Waals surface area contributed by atoms with Crippen molar-refractivity contribution < 1.29 is 0 Å². The molecule has 2 heterocycles. The molecule has 1 aliphatic rings. The van der Waals surface area contributed by atoms with E-state index in [1.807, 2.05) is 13.0 Å². The Morgan fingerprint density at radius 1 is 1.21 bits per heavy atom. The molecule has 0 radical (unpaired) electrons. The second kappa shape index (κ2) is 6.16. The summed E-state index contributed by atoms with van der Waals surface area (Å²) in [5, 5.41) is 0. The van der Waals surface area contributed by atoms with E-state index in [9.17, 15) is 0 Å². The van der Waals surface area contributed by atoms with Crippen LogP contribution in [-0.4, -0.2) is 73.1 Å². The van der Waals surface area contributed by atoms with Gasteiger partial charge in [0.15, 0.2) is 0 Å². The van der Waals surface area contributed by atoms with Crippen molar-refractivity contribution in [2.24, 2.45) is 0 Å². The van der Waals surface area contributed by atoms with E-state index in [1.54, 1.807) is 0 Å². The van der Waals surface area contributed by atoms with Gasteiger partial charge in [0.1, 0.15) is 17.5 Å². The normalized spacial score (nSPS) is 17.2. The van der Waals surface area contributed by atoms with Crippen molar-refractivity contribution in [2.75, 3.05) is 64.0 Å². The zero-order valence-corrected chi connectivity index (χ0v) is 12.1. The van der Waals surface area contributed by atoms with Crippen LogP contribution >= 0.6 is 0 Å². The summed E-state index contributed by atoms with van der Waals surface area (Å²) in [6.45, 7) is 8.29. The average Bonchev–Trinajstić information content (AvgIpc) is 2.36. The molecule has 0 amide bonds. The minimum absolute atomic E-state index is 0.553.